The van der Waals surface area contributed by atoms with E-state index in [1.54, 1.807) is 0 Å². The highest BCUT2D eigenvalue weighted by Gasteiger charge is 2.15. The first-order valence-corrected chi connectivity index (χ1v) is 9.33. The van der Waals surface area contributed by atoms with Crippen molar-refractivity contribution in [2.24, 2.45) is 0 Å². The lowest BCUT2D eigenvalue weighted by atomic mass is 10.0. The molecule has 0 bridgehead atoms. The number of rotatable bonds is 7. The second kappa shape index (κ2) is 8.89. The molecule has 1 aliphatic heterocycles. The minimum atomic E-state index is -0.0768. The number of benzene rings is 2. The summed E-state index contributed by atoms with van der Waals surface area (Å²) in [6.07, 6.45) is 8.30. The van der Waals surface area contributed by atoms with Crippen molar-refractivity contribution in [1.82, 2.24) is 0 Å². The van der Waals surface area contributed by atoms with Gasteiger partial charge < -0.3 is 9.47 Å². The Hall–Kier alpha value is -1.80. The molecule has 0 amide bonds. The Morgan fingerprint density at radius 3 is 2.25 bits per heavy atom. The van der Waals surface area contributed by atoms with Crippen molar-refractivity contribution >= 4 is 0 Å². The second-order valence-corrected chi connectivity index (χ2v) is 6.59. The van der Waals surface area contributed by atoms with Gasteiger partial charge >= 0.3 is 0 Å². The molecular weight excluding hydrogens is 296 g/mol. The molecule has 128 valence electrons. The molecule has 2 heteroatoms. The van der Waals surface area contributed by atoms with Crippen LogP contribution in [0.4, 0.5) is 0 Å². The monoisotopic (exact) mass is 324 g/mol. The van der Waals surface area contributed by atoms with Crippen molar-refractivity contribution in [3.8, 4) is 16.9 Å². The van der Waals surface area contributed by atoms with Gasteiger partial charge in [-0.25, -0.2) is 0 Å². The van der Waals surface area contributed by atoms with E-state index >= 15 is 0 Å². The van der Waals surface area contributed by atoms with Crippen LogP contribution >= 0.6 is 0 Å². The van der Waals surface area contributed by atoms with Crippen LogP contribution in [0.25, 0.3) is 11.1 Å². The van der Waals surface area contributed by atoms with E-state index in [1.165, 1.54) is 48.8 Å². The average Bonchev–Trinajstić information content (AvgIpc) is 2.64. The molecule has 0 radical (unpaired) electrons. The maximum atomic E-state index is 5.90. The lowest BCUT2D eigenvalue weighted by molar-refractivity contribution is -0.105. The van der Waals surface area contributed by atoms with Gasteiger partial charge in [-0.3, -0.25) is 0 Å². The van der Waals surface area contributed by atoms with Crippen molar-refractivity contribution in [1.29, 1.82) is 0 Å². The van der Waals surface area contributed by atoms with Crippen LogP contribution in [0.1, 0.15) is 51.0 Å². The lowest BCUT2D eigenvalue weighted by Crippen LogP contribution is -2.24. The van der Waals surface area contributed by atoms with Gasteiger partial charge in [0.05, 0.1) is 6.61 Å². The highest BCUT2D eigenvalue weighted by Crippen LogP contribution is 2.25. The summed E-state index contributed by atoms with van der Waals surface area (Å²) in [4.78, 5) is 0. The molecule has 1 saturated heterocycles. The molecule has 3 rings (SSSR count). The molecule has 0 saturated carbocycles. The molecule has 1 heterocycles. The van der Waals surface area contributed by atoms with Gasteiger partial charge in [-0.2, -0.15) is 0 Å². The largest absolute Gasteiger partial charge is 0.465 e. The second-order valence-electron chi connectivity index (χ2n) is 6.59. The molecule has 0 aromatic heterocycles. The van der Waals surface area contributed by atoms with Gasteiger partial charge in [-0.1, -0.05) is 56.2 Å². The normalized spacial score (nSPS) is 17.6. The van der Waals surface area contributed by atoms with Gasteiger partial charge in [-0.15, -0.1) is 0 Å². The molecule has 1 atom stereocenters. The molecular formula is C22H28O2. The quantitative estimate of drug-likeness (QED) is 0.582. The number of aryl methyl sites for hydroxylation is 1. The third kappa shape index (κ3) is 4.85. The first-order valence-electron chi connectivity index (χ1n) is 9.33. The van der Waals surface area contributed by atoms with Crippen molar-refractivity contribution in [3.05, 3.63) is 54.1 Å². The zero-order valence-corrected chi connectivity index (χ0v) is 14.7. The van der Waals surface area contributed by atoms with E-state index in [0.29, 0.717) is 0 Å². The summed E-state index contributed by atoms with van der Waals surface area (Å²) in [6, 6.07) is 17.3. The van der Waals surface area contributed by atoms with E-state index in [-0.39, 0.29) is 6.29 Å². The minimum Gasteiger partial charge on any atom is -0.465 e. The van der Waals surface area contributed by atoms with E-state index in [0.717, 1.165) is 25.2 Å². The fourth-order valence-corrected chi connectivity index (χ4v) is 3.12. The summed E-state index contributed by atoms with van der Waals surface area (Å²) >= 11 is 0. The van der Waals surface area contributed by atoms with Gasteiger partial charge in [0, 0.05) is 6.42 Å². The first kappa shape index (κ1) is 17.0. The highest BCUT2D eigenvalue weighted by molar-refractivity contribution is 5.64. The van der Waals surface area contributed by atoms with Gasteiger partial charge in [0.25, 0.3) is 0 Å². The zero-order chi connectivity index (χ0) is 16.6. The molecule has 0 aliphatic carbocycles. The van der Waals surface area contributed by atoms with E-state index in [9.17, 15) is 0 Å². The van der Waals surface area contributed by atoms with Gasteiger partial charge in [0.2, 0.25) is 0 Å². The maximum absolute atomic E-state index is 5.90. The van der Waals surface area contributed by atoms with Crippen LogP contribution in [0, 0.1) is 0 Å². The van der Waals surface area contributed by atoms with Crippen LogP contribution in [-0.2, 0) is 11.2 Å². The maximum Gasteiger partial charge on any atom is 0.199 e. The van der Waals surface area contributed by atoms with Crippen LogP contribution < -0.4 is 4.74 Å². The molecule has 2 aromatic carbocycles. The lowest BCUT2D eigenvalue weighted by Gasteiger charge is -2.23. The van der Waals surface area contributed by atoms with Crippen molar-refractivity contribution < 1.29 is 9.47 Å². The third-order valence-corrected chi connectivity index (χ3v) is 4.62. The number of ether oxygens (including phenoxy) is 2. The van der Waals surface area contributed by atoms with Crippen LogP contribution in [0.3, 0.4) is 0 Å². The van der Waals surface area contributed by atoms with E-state index < -0.39 is 0 Å². The third-order valence-electron chi connectivity index (χ3n) is 4.62. The van der Waals surface area contributed by atoms with Gasteiger partial charge in [0.1, 0.15) is 5.75 Å². The Labute approximate surface area is 145 Å². The Morgan fingerprint density at radius 2 is 1.62 bits per heavy atom. The SMILES string of the molecule is CCCCCc1ccc(-c2ccc(OC3CCCCO3)cc2)cc1. The number of hydrogen-bond donors (Lipinski definition) is 0. The molecule has 1 fully saturated rings. The van der Waals surface area contributed by atoms with E-state index in [4.69, 9.17) is 9.47 Å². The average molecular weight is 324 g/mol. The molecule has 1 aliphatic rings. The fourth-order valence-electron chi connectivity index (χ4n) is 3.12. The standard InChI is InChI=1S/C22H28O2/c1-2-3-4-7-18-9-11-19(12-10-18)20-13-15-21(16-14-20)24-22-8-5-6-17-23-22/h9-16,22H,2-8,17H2,1H3. The molecule has 2 aromatic rings. The summed E-state index contributed by atoms with van der Waals surface area (Å²) in [6.45, 7) is 3.06. The summed E-state index contributed by atoms with van der Waals surface area (Å²) in [5, 5.41) is 0. The smallest absolute Gasteiger partial charge is 0.199 e. The van der Waals surface area contributed by atoms with Crippen LogP contribution in [0.15, 0.2) is 48.5 Å². The van der Waals surface area contributed by atoms with Gasteiger partial charge in [-0.05, 0) is 54.5 Å². The van der Waals surface area contributed by atoms with Crippen molar-refractivity contribution in [3.63, 3.8) is 0 Å². The first-order chi connectivity index (χ1) is 11.8. The van der Waals surface area contributed by atoms with Crippen LogP contribution in [0.2, 0.25) is 0 Å². The topological polar surface area (TPSA) is 18.5 Å². The Balaban J connectivity index is 1.58. The van der Waals surface area contributed by atoms with E-state index in [2.05, 4.69) is 43.3 Å². The molecule has 24 heavy (non-hydrogen) atoms. The molecule has 2 nitrogen and oxygen atoms in total. The predicted octanol–water partition coefficient (Wildman–Crippen LogP) is 5.99. The van der Waals surface area contributed by atoms with Crippen LogP contribution in [-0.4, -0.2) is 12.9 Å². The fraction of sp³-hybridized carbons (Fsp3) is 0.455. The number of unbranched alkanes of at least 4 members (excludes halogenated alkanes) is 2. The molecule has 0 spiro atoms. The summed E-state index contributed by atoms with van der Waals surface area (Å²) < 4.78 is 11.5. The predicted molar refractivity (Wildman–Crippen MR) is 99.3 cm³/mol. The molecule has 1 unspecified atom stereocenters. The Bertz CT molecular complexity index is 595. The Morgan fingerprint density at radius 1 is 0.917 bits per heavy atom. The molecule has 0 N–H and O–H groups in total. The number of hydrogen-bond acceptors (Lipinski definition) is 2. The van der Waals surface area contributed by atoms with E-state index in [1.807, 2.05) is 12.1 Å². The summed E-state index contributed by atoms with van der Waals surface area (Å²) in [5.41, 5.74) is 3.92. The summed E-state index contributed by atoms with van der Waals surface area (Å²) in [5.74, 6) is 0.891. The zero-order valence-electron chi connectivity index (χ0n) is 14.7. The van der Waals surface area contributed by atoms with Crippen molar-refractivity contribution in [2.45, 2.75) is 58.2 Å². The minimum absolute atomic E-state index is 0.0768. The highest BCUT2D eigenvalue weighted by atomic mass is 16.7. The van der Waals surface area contributed by atoms with Gasteiger partial charge in [0.15, 0.2) is 6.29 Å². The Kier molecular flexibility index (Phi) is 6.31. The summed E-state index contributed by atoms with van der Waals surface area (Å²) in [7, 11) is 0. The van der Waals surface area contributed by atoms with Crippen molar-refractivity contribution in [2.75, 3.05) is 6.61 Å². The van der Waals surface area contributed by atoms with Crippen LogP contribution in [0.5, 0.6) is 5.75 Å².